The highest BCUT2D eigenvalue weighted by atomic mass is 16.4. The van der Waals surface area contributed by atoms with Crippen LogP contribution < -0.4 is 10.6 Å². The first-order valence-electron chi connectivity index (χ1n) is 5.01. The SMILES string of the molecule is C=C(C)CNC(=O)Nc1ccc(C(=O)O)cc1. The second kappa shape index (κ2) is 5.69. The van der Waals surface area contributed by atoms with Crippen molar-refractivity contribution in [2.75, 3.05) is 11.9 Å². The summed E-state index contributed by atoms with van der Waals surface area (Å²) in [5.41, 5.74) is 1.56. The van der Waals surface area contributed by atoms with Crippen molar-refractivity contribution in [1.29, 1.82) is 0 Å². The molecule has 0 aliphatic heterocycles. The van der Waals surface area contributed by atoms with Gasteiger partial charge >= 0.3 is 12.0 Å². The molecule has 0 spiro atoms. The molecule has 0 radical (unpaired) electrons. The number of amides is 2. The molecule has 0 aliphatic rings. The molecular weight excluding hydrogens is 220 g/mol. The van der Waals surface area contributed by atoms with E-state index in [9.17, 15) is 9.59 Å². The van der Waals surface area contributed by atoms with Crippen LogP contribution in [0.25, 0.3) is 0 Å². The fourth-order valence-electron chi connectivity index (χ4n) is 1.10. The molecular formula is C12H14N2O3. The number of anilines is 1. The summed E-state index contributed by atoms with van der Waals surface area (Å²) in [6.07, 6.45) is 0. The zero-order chi connectivity index (χ0) is 12.8. The topological polar surface area (TPSA) is 78.4 Å². The van der Waals surface area contributed by atoms with Crippen LogP contribution in [0, 0.1) is 0 Å². The lowest BCUT2D eigenvalue weighted by molar-refractivity contribution is 0.0697. The minimum absolute atomic E-state index is 0.179. The van der Waals surface area contributed by atoms with Gasteiger partial charge in [-0.3, -0.25) is 0 Å². The van der Waals surface area contributed by atoms with Gasteiger partial charge in [-0.2, -0.15) is 0 Å². The molecule has 5 nitrogen and oxygen atoms in total. The number of hydrogen-bond donors (Lipinski definition) is 3. The number of nitrogens with one attached hydrogen (secondary N) is 2. The lowest BCUT2D eigenvalue weighted by Gasteiger charge is -2.07. The first-order valence-corrected chi connectivity index (χ1v) is 5.01. The molecule has 0 aromatic heterocycles. The van der Waals surface area contributed by atoms with Gasteiger partial charge < -0.3 is 15.7 Å². The Morgan fingerprint density at radius 3 is 2.35 bits per heavy atom. The average molecular weight is 234 g/mol. The molecule has 17 heavy (non-hydrogen) atoms. The van der Waals surface area contributed by atoms with E-state index in [-0.39, 0.29) is 11.6 Å². The summed E-state index contributed by atoms with van der Waals surface area (Å²) in [7, 11) is 0. The molecule has 3 N–H and O–H groups in total. The summed E-state index contributed by atoms with van der Waals surface area (Å²) in [4.78, 5) is 22.0. The van der Waals surface area contributed by atoms with Crippen LogP contribution in [0.3, 0.4) is 0 Å². The highest BCUT2D eigenvalue weighted by molar-refractivity contribution is 5.91. The lowest BCUT2D eigenvalue weighted by Crippen LogP contribution is -2.29. The summed E-state index contributed by atoms with van der Waals surface area (Å²) in [5, 5.41) is 13.9. The number of aromatic carboxylic acids is 1. The predicted molar refractivity (Wildman–Crippen MR) is 65.2 cm³/mol. The number of hydrogen-bond acceptors (Lipinski definition) is 2. The van der Waals surface area contributed by atoms with E-state index in [2.05, 4.69) is 17.2 Å². The van der Waals surface area contributed by atoms with Gasteiger partial charge in [0.15, 0.2) is 0 Å². The lowest BCUT2D eigenvalue weighted by atomic mass is 10.2. The van der Waals surface area contributed by atoms with Gasteiger partial charge in [-0.15, -0.1) is 0 Å². The zero-order valence-electron chi connectivity index (χ0n) is 9.49. The van der Waals surface area contributed by atoms with E-state index in [1.54, 1.807) is 0 Å². The highest BCUT2D eigenvalue weighted by Crippen LogP contribution is 2.09. The van der Waals surface area contributed by atoms with E-state index in [0.29, 0.717) is 12.2 Å². The second-order valence-electron chi connectivity index (χ2n) is 3.65. The third-order valence-corrected chi connectivity index (χ3v) is 1.94. The maximum Gasteiger partial charge on any atom is 0.335 e. The number of carboxylic acid groups (broad SMARTS) is 1. The van der Waals surface area contributed by atoms with Crippen LogP contribution in [0.1, 0.15) is 17.3 Å². The molecule has 1 rings (SSSR count). The molecule has 0 fully saturated rings. The smallest absolute Gasteiger partial charge is 0.335 e. The van der Waals surface area contributed by atoms with E-state index in [1.165, 1.54) is 24.3 Å². The largest absolute Gasteiger partial charge is 0.478 e. The molecule has 90 valence electrons. The van der Waals surface area contributed by atoms with Gasteiger partial charge in [0, 0.05) is 12.2 Å². The number of carboxylic acids is 1. The number of carbonyl (C=O) groups is 2. The van der Waals surface area contributed by atoms with Gasteiger partial charge in [-0.25, -0.2) is 9.59 Å². The first-order chi connectivity index (χ1) is 7.99. The van der Waals surface area contributed by atoms with E-state index in [4.69, 9.17) is 5.11 Å². The Kier molecular flexibility index (Phi) is 4.28. The molecule has 0 aliphatic carbocycles. The monoisotopic (exact) mass is 234 g/mol. The fourth-order valence-corrected chi connectivity index (χ4v) is 1.10. The van der Waals surface area contributed by atoms with Crippen LogP contribution in [-0.2, 0) is 0 Å². The van der Waals surface area contributed by atoms with Crippen molar-refractivity contribution in [2.24, 2.45) is 0 Å². The Bertz CT molecular complexity index is 438. The van der Waals surface area contributed by atoms with Crippen LogP contribution >= 0.6 is 0 Å². The van der Waals surface area contributed by atoms with Gasteiger partial charge in [-0.05, 0) is 31.2 Å². The Morgan fingerprint density at radius 2 is 1.88 bits per heavy atom. The molecule has 0 saturated carbocycles. The van der Waals surface area contributed by atoms with Crippen molar-refractivity contribution in [1.82, 2.24) is 5.32 Å². The number of urea groups is 1. The van der Waals surface area contributed by atoms with Crippen molar-refractivity contribution < 1.29 is 14.7 Å². The van der Waals surface area contributed by atoms with Crippen molar-refractivity contribution in [3.8, 4) is 0 Å². The van der Waals surface area contributed by atoms with Crippen molar-refractivity contribution in [3.05, 3.63) is 42.0 Å². The van der Waals surface area contributed by atoms with E-state index >= 15 is 0 Å². The molecule has 0 atom stereocenters. The van der Waals surface area contributed by atoms with Gasteiger partial charge in [0.1, 0.15) is 0 Å². The third-order valence-electron chi connectivity index (χ3n) is 1.94. The van der Waals surface area contributed by atoms with Gasteiger partial charge in [0.05, 0.1) is 5.56 Å². The Balaban J connectivity index is 2.54. The van der Waals surface area contributed by atoms with Crippen molar-refractivity contribution in [2.45, 2.75) is 6.92 Å². The fraction of sp³-hybridized carbons (Fsp3) is 0.167. The molecule has 1 aromatic rings. The van der Waals surface area contributed by atoms with Crippen LogP contribution in [0.15, 0.2) is 36.4 Å². The summed E-state index contributed by atoms with van der Waals surface area (Å²) >= 11 is 0. The minimum atomic E-state index is -0.997. The number of carbonyl (C=O) groups excluding carboxylic acids is 1. The van der Waals surface area contributed by atoms with Crippen LogP contribution in [-0.4, -0.2) is 23.7 Å². The molecule has 0 saturated heterocycles. The normalized spacial score (nSPS) is 9.47. The van der Waals surface area contributed by atoms with E-state index < -0.39 is 5.97 Å². The summed E-state index contributed by atoms with van der Waals surface area (Å²) in [6.45, 7) is 5.87. The van der Waals surface area contributed by atoms with E-state index in [1.807, 2.05) is 6.92 Å². The maximum atomic E-state index is 11.4. The molecule has 0 heterocycles. The molecule has 1 aromatic carbocycles. The van der Waals surface area contributed by atoms with Crippen molar-refractivity contribution in [3.63, 3.8) is 0 Å². The first kappa shape index (κ1) is 12.8. The second-order valence-corrected chi connectivity index (χ2v) is 3.65. The highest BCUT2D eigenvalue weighted by Gasteiger charge is 2.03. The number of rotatable bonds is 4. The maximum absolute atomic E-state index is 11.4. The van der Waals surface area contributed by atoms with Crippen molar-refractivity contribution >= 4 is 17.7 Å². The Labute approximate surface area is 99.1 Å². The molecule has 5 heteroatoms. The molecule has 0 bridgehead atoms. The molecule has 0 unspecified atom stereocenters. The summed E-state index contributed by atoms with van der Waals surface area (Å²) < 4.78 is 0. The zero-order valence-corrected chi connectivity index (χ0v) is 9.49. The van der Waals surface area contributed by atoms with Crippen LogP contribution in [0.2, 0.25) is 0 Å². The Morgan fingerprint density at radius 1 is 1.29 bits per heavy atom. The van der Waals surface area contributed by atoms with Crippen LogP contribution in [0.5, 0.6) is 0 Å². The third kappa shape index (κ3) is 4.38. The summed E-state index contributed by atoms with van der Waals surface area (Å²) in [5.74, 6) is -0.997. The van der Waals surface area contributed by atoms with Gasteiger partial charge in [0.25, 0.3) is 0 Å². The minimum Gasteiger partial charge on any atom is -0.478 e. The van der Waals surface area contributed by atoms with Gasteiger partial charge in [0.2, 0.25) is 0 Å². The van der Waals surface area contributed by atoms with E-state index in [0.717, 1.165) is 5.57 Å². The number of benzene rings is 1. The van der Waals surface area contributed by atoms with Crippen LogP contribution in [0.4, 0.5) is 10.5 Å². The van der Waals surface area contributed by atoms with Gasteiger partial charge in [-0.1, -0.05) is 12.2 Å². The summed E-state index contributed by atoms with van der Waals surface area (Å²) in [6, 6.07) is 5.57. The average Bonchev–Trinajstić information content (AvgIpc) is 2.27. The quantitative estimate of drug-likeness (QED) is 0.698. The Hall–Kier alpha value is -2.30. The predicted octanol–water partition coefficient (Wildman–Crippen LogP) is 2.08. The molecule has 2 amide bonds. The standard InChI is InChI=1S/C12H14N2O3/c1-8(2)7-13-12(17)14-10-5-3-9(4-6-10)11(15)16/h3-6H,1,7H2,2H3,(H,15,16)(H2,13,14,17).